The van der Waals surface area contributed by atoms with E-state index < -0.39 is 0 Å². The monoisotopic (exact) mass is 226 g/mol. The van der Waals surface area contributed by atoms with E-state index in [2.05, 4.69) is 18.9 Å². The topological polar surface area (TPSA) is 38.5 Å². The van der Waals surface area contributed by atoms with Crippen molar-refractivity contribution in [1.82, 2.24) is 4.90 Å². The standard InChI is InChI=1S/C13H26N2O/c1-10-12(8-9-16-10)15(2)13-7-5-3-4-6-11(13)14/h10-13H,3-9,14H2,1-2H3. The molecule has 1 aliphatic heterocycles. The number of nitrogens with two attached hydrogens (primary N) is 1. The molecule has 0 amide bonds. The van der Waals surface area contributed by atoms with Gasteiger partial charge in [0.2, 0.25) is 0 Å². The number of nitrogens with zero attached hydrogens (tertiary/aromatic N) is 1. The SMILES string of the molecule is CC1OCCC1N(C)C1CCCCCC1N. The highest BCUT2D eigenvalue weighted by atomic mass is 16.5. The van der Waals surface area contributed by atoms with E-state index in [1.165, 1.54) is 38.5 Å². The molecule has 1 saturated carbocycles. The Bertz CT molecular complexity index is 222. The third kappa shape index (κ3) is 2.58. The van der Waals surface area contributed by atoms with Gasteiger partial charge in [-0.25, -0.2) is 0 Å². The molecule has 2 aliphatic rings. The van der Waals surface area contributed by atoms with Gasteiger partial charge in [-0.2, -0.15) is 0 Å². The van der Waals surface area contributed by atoms with E-state index in [0.717, 1.165) is 6.61 Å². The van der Waals surface area contributed by atoms with Gasteiger partial charge < -0.3 is 10.5 Å². The summed E-state index contributed by atoms with van der Waals surface area (Å²) in [6.45, 7) is 3.11. The van der Waals surface area contributed by atoms with E-state index in [1.54, 1.807) is 0 Å². The van der Waals surface area contributed by atoms with Gasteiger partial charge in [-0.1, -0.05) is 19.3 Å². The molecule has 2 rings (SSSR count). The Morgan fingerprint density at radius 2 is 1.81 bits per heavy atom. The van der Waals surface area contributed by atoms with Gasteiger partial charge in [-0.05, 0) is 33.2 Å². The maximum Gasteiger partial charge on any atom is 0.0703 e. The minimum Gasteiger partial charge on any atom is -0.377 e. The lowest BCUT2D eigenvalue weighted by Crippen LogP contribution is -2.51. The summed E-state index contributed by atoms with van der Waals surface area (Å²) in [5, 5.41) is 0. The van der Waals surface area contributed by atoms with Crippen LogP contribution in [0.4, 0.5) is 0 Å². The van der Waals surface area contributed by atoms with Gasteiger partial charge in [0.1, 0.15) is 0 Å². The minimum absolute atomic E-state index is 0.361. The van der Waals surface area contributed by atoms with Gasteiger partial charge in [0, 0.05) is 24.7 Å². The predicted octanol–water partition coefficient (Wildman–Crippen LogP) is 1.76. The summed E-state index contributed by atoms with van der Waals surface area (Å²) in [5.41, 5.74) is 6.31. The fourth-order valence-electron chi connectivity index (χ4n) is 3.32. The summed E-state index contributed by atoms with van der Waals surface area (Å²) in [7, 11) is 2.24. The lowest BCUT2D eigenvalue weighted by atomic mass is 9.99. The van der Waals surface area contributed by atoms with E-state index in [4.69, 9.17) is 10.5 Å². The summed E-state index contributed by atoms with van der Waals surface area (Å²) in [4.78, 5) is 2.51. The Labute approximate surface area is 99.3 Å². The van der Waals surface area contributed by atoms with Crippen LogP contribution in [-0.2, 0) is 4.74 Å². The molecule has 1 heterocycles. The molecular weight excluding hydrogens is 200 g/mol. The fraction of sp³-hybridized carbons (Fsp3) is 1.00. The second kappa shape index (κ2) is 5.48. The number of ether oxygens (including phenoxy) is 1. The quantitative estimate of drug-likeness (QED) is 0.729. The molecule has 2 fully saturated rings. The molecule has 0 aromatic carbocycles. The summed E-state index contributed by atoms with van der Waals surface area (Å²) >= 11 is 0. The zero-order valence-electron chi connectivity index (χ0n) is 10.7. The molecule has 94 valence electrons. The molecule has 0 bridgehead atoms. The molecule has 1 saturated heterocycles. The first-order chi connectivity index (χ1) is 7.70. The first-order valence-electron chi connectivity index (χ1n) is 6.79. The molecule has 2 N–H and O–H groups in total. The zero-order valence-corrected chi connectivity index (χ0v) is 10.7. The van der Waals surface area contributed by atoms with Crippen molar-refractivity contribution in [2.24, 2.45) is 5.73 Å². The Hall–Kier alpha value is -0.120. The summed E-state index contributed by atoms with van der Waals surface area (Å²) < 4.78 is 5.66. The Morgan fingerprint density at radius 3 is 2.50 bits per heavy atom. The fourth-order valence-corrected chi connectivity index (χ4v) is 3.32. The Kier molecular flexibility index (Phi) is 4.22. The highest BCUT2D eigenvalue weighted by Crippen LogP contribution is 2.26. The molecule has 1 aliphatic carbocycles. The molecule has 16 heavy (non-hydrogen) atoms. The highest BCUT2D eigenvalue weighted by Gasteiger charge is 2.34. The van der Waals surface area contributed by atoms with Crippen molar-refractivity contribution in [3.05, 3.63) is 0 Å². The maximum atomic E-state index is 6.31. The normalized spacial score (nSPS) is 41.2. The molecule has 0 aromatic heterocycles. The molecule has 0 radical (unpaired) electrons. The van der Waals surface area contributed by atoms with Gasteiger partial charge in [0.25, 0.3) is 0 Å². The molecule has 4 unspecified atom stereocenters. The summed E-state index contributed by atoms with van der Waals surface area (Å²) in [5.74, 6) is 0. The largest absolute Gasteiger partial charge is 0.377 e. The van der Waals surface area contributed by atoms with Crippen LogP contribution in [0.25, 0.3) is 0 Å². The van der Waals surface area contributed by atoms with Gasteiger partial charge in [-0.3, -0.25) is 4.90 Å². The average molecular weight is 226 g/mol. The number of likely N-dealkylation sites (N-methyl/N-ethyl adjacent to an activating group) is 1. The van der Waals surface area contributed by atoms with Gasteiger partial charge in [0.15, 0.2) is 0 Å². The van der Waals surface area contributed by atoms with Crippen LogP contribution in [0.3, 0.4) is 0 Å². The van der Waals surface area contributed by atoms with Crippen LogP contribution in [-0.4, -0.2) is 42.8 Å². The van der Waals surface area contributed by atoms with Crippen LogP contribution in [0.1, 0.15) is 45.4 Å². The van der Waals surface area contributed by atoms with E-state index in [0.29, 0.717) is 24.2 Å². The minimum atomic E-state index is 0.361. The molecule has 3 heteroatoms. The Balaban J connectivity index is 1.98. The van der Waals surface area contributed by atoms with Crippen LogP contribution < -0.4 is 5.73 Å². The maximum absolute atomic E-state index is 6.31. The molecular formula is C13H26N2O. The molecule has 0 spiro atoms. The lowest BCUT2D eigenvalue weighted by molar-refractivity contribution is 0.0598. The van der Waals surface area contributed by atoms with Crippen LogP contribution in [0.15, 0.2) is 0 Å². The van der Waals surface area contributed by atoms with Gasteiger partial charge in [0.05, 0.1) is 6.10 Å². The van der Waals surface area contributed by atoms with E-state index >= 15 is 0 Å². The third-order valence-corrected chi connectivity index (χ3v) is 4.41. The van der Waals surface area contributed by atoms with Gasteiger partial charge >= 0.3 is 0 Å². The van der Waals surface area contributed by atoms with Crippen molar-refractivity contribution < 1.29 is 4.74 Å². The predicted molar refractivity (Wildman–Crippen MR) is 66.4 cm³/mol. The van der Waals surface area contributed by atoms with Crippen LogP contribution >= 0.6 is 0 Å². The second-order valence-corrected chi connectivity index (χ2v) is 5.47. The zero-order chi connectivity index (χ0) is 11.5. The second-order valence-electron chi connectivity index (χ2n) is 5.47. The van der Waals surface area contributed by atoms with Crippen molar-refractivity contribution in [2.75, 3.05) is 13.7 Å². The van der Waals surface area contributed by atoms with Crippen LogP contribution in [0.2, 0.25) is 0 Å². The summed E-state index contributed by atoms with van der Waals surface area (Å²) in [6, 6.07) is 1.51. The van der Waals surface area contributed by atoms with Crippen molar-refractivity contribution in [2.45, 2.75) is 69.7 Å². The van der Waals surface area contributed by atoms with Crippen LogP contribution in [0, 0.1) is 0 Å². The third-order valence-electron chi connectivity index (χ3n) is 4.41. The van der Waals surface area contributed by atoms with Crippen LogP contribution in [0.5, 0.6) is 0 Å². The smallest absolute Gasteiger partial charge is 0.0703 e. The van der Waals surface area contributed by atoms with Crippen molar-refractivity contribution >= 4 is 0 Å². The van der Waals surface area contributed by atoms with Crippen molar-refractivity contribution in [3.8, 4) is 0 Å². The average Bonchev–Trinajstić information content (AvgIpc) is 2.56. The summed E-state index contributed by atoms with van der Waals surface area (Å²) in [6.07, 6.45) is 8.00. The highest BCUT2D eigenvalue weighted by molar-refractivity contribution is 4.90. The first-order valence-corrected chi connectivity index (χ1v) is 6.79. The molecule has 4 atom stereocenters. The Morgan fingerprint density at radius 1 is 1.06 bits per heavy atom. The lowest BCUT2D eigenvalue weighted by Gasteiger charge is -2.37. The van der Waals surface area contributed by atoms with Crippen molar-refractivity contribution in [1.29, 1.82) is 0 Å². The van der Waals surface area contributed by atoms with E-state index in [9.17, 15) is 0 Å². The van der Waals surface area contributed by atoms with Crippen molar-refractivity contribution in [3.63, 3.8) is 0 Å². The number of hydrogen-bond acceptors (Lipinski definition) is 3. The number of rotatable bonds is 2. The molecule has 3 nitrogen and oxygen atoms in total. The first kappa shape index (κ1) is 12.3. The van der Waals surface area contributed by atoms with E-state index in [-0.39, 0.29) is 0 Å². The number of hydrogen-bond donors (Lipinski definition) is 1. The molecule has 0 aromatic rings. The van der Waals surface area contributed by atoms with E-state index in [1.807, 2.05) is 0 Å². The van der Waals surface area contributed by atoms with Gasteiger partial charge in [-0.15, -0.1) is 0 Å².